The summed E-state index contributed by atoms with van der Waals surface area (Å²) in [6.45, 7) is 2.25. The Labute approximate surface area is 109 Å². The van der Waals surface area contributed by atoms with Crippen LogP contribution in [0.4, 0.5) is 5.69 Å². The molecule has 0 saturated carbocycles. The summed E-state index contributed by atoms with van der Waals surface area (Å²) in [5.74, 6) is -0.384. The Morgan fingerprint density at radius 3 is 2.78 bits per heavy atom. The van der Waals surface area contributed by atoms with E-state index in [1.165, 1.54) is 12.1 Å². The minimum absolute atomic E-state index is 0.0473. The second kappa shape index (κ2) is 6.32. The number of halogens is 1. The van der Waals surface area contributed by atoms with Crippen molar-refractivity contribution in [2.24, 2.45) is 5.73 Å². The van der Waals surface area contributed by atoms with Crippen LogP contribution in [0.2, 0.25) is 5.02 Å². The molecule has 0 aliphatic heterocycles. The van der Waals surface area contributed by atoms with Gasteiger partial charge in [0.05, 0.1) is 9.95 Å². The number of carbonyl (C=O) groups excluding carboxylic acids is 1. The lowest BCUT2D eigenvalue weighted by Crippen LogP contribution is -2.30. The van der Waals surface area contributed by atoms with Crippen LogP contribution in [0.25, 0.3) is 0 Å². The molecule has 1 unspecified atom stereocenters. The minimum atomic E-state index is -0.501. The minimum Gasteiger partial charge on any atom is -0.370 e. The first-order valence-corrected chi connectivity index (χ1v) is 5.72. The fourth-order valence-corrected chi connectivity index (χ4v) is 1.69. The van der Waals surface area contributed by atoms with Gasteiger partial charge in [0, 0.05) is 31.1 Å². The zero-order valence-electron chi connectivity index (χ0n) is 9.85. The SMILES string of the molecule is CC(CC(N)=O)NCc1ccc([N+](=O)[O-])cc1Cl. The van der Waals surface area contributed by atoms with Gasteiger partial charge in [-0.05, 0) is 18.6 Å². The van der Waals surface area contributed by atoms with Crippen LogP contribution in [0.1, 0.15) is 18.9 Å². The highest BCUT2D eigenvalue weighted by atomic mass is 35.5. The average Bonchev–Trinajstić information content (AvgIpc) is 2.26. The maximum absolute atomic E-state index is 10.7. The molecule has 0 aliphatic rings. The van der Waals surface area contributed by atoms with Gasteiger partial charge in [-0.3, -0.25) is 14.9 Å². The number of benzene rings is 1. The summed E-state index contributed by atoms with van der Waals surface area (Å²) >= 11 is 5.93. The predicted molar refractivity (Wildman–Crippen MR) is 68.2 cm³/mol. The number of primary amides is 1. The van der Waals surface area contributed by atoms with E-state index in [1.807, 2.05) is 6.92 Å². The molecular formula is C11H14ClN3O3. The average molecular weight is 272 g/mol. The van der Waals surface area contributed by atoms with Gasteiger partial charge < -0.3 is 11.1 Å². The van der Waals surface area contributed by atoms with Crippen LogP contribution < -0.4 is 11.1 Å². The van der Waals surface area contributed by atoms with Gasteiger partial charge in [-0.2, -0.15) is 0 Å². The molecule has 0 aromatic heterocycles. The number of rotatable bonds is 6. The van der Waals surface area contributed by atoms with Gasteiger partial charge >= 0.3 is 0 Å². The highest BCUT2D eigenvalue weighted by Gasteiger charge is 2.10. The number of nitro benzene ring substituents is 1. The van der Waals surface area contributed by atoms with Crippen molar-refractivity contribution in [2.45, 2.75) is 25.9 Å². The highest BCUT2D eigenvalue weighted by Crippen LogP contribution is 2.22. The topological polar surface area (TPSA) is 98.3 Å². The number of nitrogens with one attached hydrogen (secondary N) is 1. The van der Waals surface area contributed by atoms with Crippen LogP contribution >= 0.6 is 11.6 Å². The quantitative estimate of drug-likeness (QED) is 0.606. The second-order valence-corrected chi connectivity index (χ2v) is 4.39. The van der Waals surface area contributed by atoms with E-state index in [9.17, 15) is 14.9 Å². The summed E-state index contributed by atoms with van der Waals surface area (Å²) < 4.78 is 0. The number of hydrogen-bond donors (Lipinski definition) is 2. The van der Waals surface area contributed by atoms with E-state index in [1.54, 1.807) is 6.07 Å². The molecule has 0 heterocycles. The number of amides is 1. The van der Waals surface area contributed by atoms with Crippen LogP contribution in [0.15, 0.2) is 18.2 Å². The van der Waals surface area contributed by atoms with E-state index in [0.717, 1.165) is 5.56 Å². The molecule has 98 valence electrons. The maximum atomic E-state index is 10.7. The number of hydrogen-bond acceptors (Lipinski definition) is 4. The number of non-ortho nitro benzene ring substituents is 1. The van der Waals surface area contributed by atoms with Crippen LogP contribution in [-0.4, -0.2) is 16.9 Å². The third-order valence-electron chi connectivity index (χ3n) is 2.40. The zero-order valence-corrected chi connectivity index (χ0v) is 10.6. The highest BCUT2D eigenvalue weighted by molar-refractivity contribution is 6.31. The molecule has 0 fully saturated rings. The normalized spacial score (nSPS) is 12.1. The van der Waals surface area contributed by atoms with Crippen molar-refractivity contribution in [2.75, 3.05) is 0 Å². The van der Waals surface area contributed by atoms with Gasteiger partial charge in [-0.1, -0.05) is 11.6 Å². The monoisotopic (exact) mass is 271 g/mol. The Balaban J connectivity index is 2.63. The summed E-state index contributed by atoms with van der Waals surface area (Å²) in [6.07, 6.45) is 0.227. The molecule has 1 aromatic rings. The van der Waals surface area contributed by atoms with E-state index in [0.29, 0.717) is 11.6 Å². The van der Waals surface area contributed by atoms with Gasteiger partial charge in [0.2, 0.25) is 5.91 Å². The Hall–Kier alpha value is -1.66. The van der Waals surface area contributed by atoms with Gasteiger partial charge in [0.1, 0.15) is 0 Å². The van der Waals surface area contributed by atoms with Crippen LogP contribution in [-0.2, 0) is 11.3 Å². The standard InChI is InChI=1S/C11H14ClN3O3/c1-7(4-11(13)16)14-6-8-2-3-9(15(17)18)5-10(8)12/h2-3,5,7,14H,4,6H2,1H3,(H2,13,16). The molecule has 0 bridgehead atoms. The number of nitrogens with zero attached hydrogens (tertiary/aromatic N) is 1. The maximum Gasteiger partial charge on any atom is 0.270 e. The molecule has 3 N–H and O–H groups in total. The first-order chi connectivity index (χ1) is 8.40. The largest absolute Gasteiger partial charge is 0.370 e. The fourth-order valence-electron chi connectivity index (χ4n) is 1.45. The zero-order chi connectivity index (χ0) is 13.7. The molecule has 1 atom stereocenters. The van der Waals surface area contributed by atoms with Crippen LogP contribution in [0, 0.1) is 10.1 Å². The summed E-state index contributed by atoms with van der Waals surface area (Å²) in [7, 11) is 0. The Morgan fingerprint density at radius 2 is 2.28 bits per heavy atom. The van der Waals surface area contributed by atoms with E-state index >= 15 is 0 Å². The van der Waals surface area contributed by atoms with Crippen molar-refractivity contribution in [1.29, 1.82) is 0 Å². The van der Waals surface area contributed by atoms with Crippen molar-refractivity contribution in [3.05, 3.63) is 38.9 Å². The molecule has 0 saturated heterocycles. The smallest absolute Gasteiger partial charge is 0.270 e. The third kappa shape index (κ3) is 4.31. The second-order valence-electron chi connectivity index (χ2n) is 3.99. The Kier molecular flexibility index (Phi) is 5.06. The van der Waals surface area contributed by atoms with E-state index in [-0.39, 0.29) is 24.1 Å². The van der Waals surface area contributed by atoms with Crippen LogP contribution in [0.3, 0.4) is 0 Å². The molecule has 0 spiro atoms. The van der Waals surface area contributed by atoms with Crippen molar-refractivity contribution < 1.29 is 9.72 Å². The molecule has 1 rings (SSSR count). The van der Waals surface area contributed by atoms with Gasteiger partial charge in [-0.25, -0.2) is 0 Å². The van der Waals surface area contributed by atoms with Gasteiger partial charge in [-0.15, -0.1) is 0 Å². The summed E-state index contributed by atoms with van der Waals surface area (Å²) in [4.78, 5) is 20.7. The van der Waals surface area contributed by atoms with E-state index in [2.05, 4.69) is 5.32 Å². The molecule has 7 heteroatoms. The van der Waals surface area contributed by atoms with Crippen molar-refractivity contribution in [1.82, 2.24) is 5.32 Å². The third-order valence-corrected chi connectivity index (χ3v) is 2.75. The Bertz CT molecular complexity index is 465. The van der Waals surface area contributed by atoms with Crippen molar-refractivity contribution >= 4 is 23.2 Å². The predicted octanol–water partition coefficient (Wildman–Crippen LogP) is 1.60. The molecule has 0 radical (unpaired) electrons. The first kappa shape index (κ1) is 14.4. The fraction of sp³-hybridized carbons (Fsp3) is 0.364. The Morgan fingerprint density at radius 1 is 1.61 bits per heavy atom. The molecule has 1 aromatic carbocycles. The van der Waals surface area contributed by atoms with Gasteiger partial charge in [0.15, 0.2) is 0 Å². The number of nitro groups is 1. The molecular weight excluding hydrogens is 258 g/mol. The van der Waals surface area contributed by atoms with E-state index < -0.39 is 4.92 Å². The molecule has 6 nitrogen and oxygen atoms in total. The lowest BCUT2D eigenvalue weighted by Gasteiger charge is -2.12. The lowest BCUT2D eigenvalue weighted by molar-refractivity contribution is -0.384. The van der Waals surface area contributed by atoms with Crippen molar-refractivity contribution in [3.8, 4) is 0 Å². The van der Waals surface area contributed by atoms with Gasteiger partial charge in [0.25, 0.3) is 5.69 Å². The summed E-state index contributed by atoms with van der Waals surface area (Å²) in [5, 5.41) is 13.9. The molecule has 1 amide bonds. The van der Waals surface area contributed by atoms with Crippen molar-refractivity contribution in [3.63, 3.8) is 0 Å². The first-order valence-electron chi connectivity index (χ1n) is 5.34. The molecule has 18 heavy (non-hydrogen) atoms. The van der Waals surface area contributed by atoms with E-state index in [4.69, 9.17) is 17.3 Å². The van der Waals surface area contributed by atoms with Crippen LogP contribution in [0.5, 0.6) is 0 Å². The molecule has 0 aliphatic carbocycles. The number of carbonyl (C=O) groups is 1. The number of nitrogens with two attached hydrogens (primary N) is 1. The summed E-state index contributed by atoms with van der Waals surface area (Å²) in [6, 6.07) is 4.21. The lowest BCUT2D eigenvalue weighted by atomic mass is 10.1. The summed E-state index contributed by atoms with van der Waals surface area (Å²) in [5.41, 5.74) is 5.75.